The average Bonchev–Trinajstić information content (AvgIpc) is 3.38. The van der Waals surface area contributed by atoms with Crippen molar-refractivity contribution in [1.82, 2.24) is 15.3 Å². The number of fused-ring (bicyclic) bond motifs is 3. The molecule has 6 heteroatoms. The van der Waals surface area contributed by atoms with Gasteiger partial charge in [-0.25, -0.2) is 4.98 Å². The molecule has 0 radical (unpaired) electrons. The summed E-state index contributed by atoms with van der Waals surface area (Å²) < 4.78 is 0. The van der Waals surface area contributed by atoms with E-state index >= 15 is 0 Å². The number of anilines is 2. The van der Waals surface area contributed by atoms with Crippen molar-refractivity contribution in [2.75, 3.05) is 24.3 Å². The highest BCUT2D eigenvalue weighted by Crippen LogP contribution is 2.48. The zero-order chi connectivity index (χ0) is 20.7. The van der Waals surface area contributed by atoms with Crippen molar-refractivity contribution in [3.8, 4) is 0 Å². The zero-order valence-corrected chi connectivity index (χ0v) is 18.1. The molecule has 160 valence electrons. The summed E-state index contributed by atoms with van der Waals surface area (Å²) in [6.45, 7) is 0. The van der Waals surface area contributed by atoms with E-state index in [0.717, 1.165) is 54.7 Å². The fourth-order valence-electron chi connectivity index (χ4n) is 5.90. The normalized spacial score (nSPS) is 30.4. The van der Waals surface area contributed by atoms with Gasteiger partial charge in [-0.2, -0.15) is 4.98 Å². The molecule has 0 aliphatic heterocycles. The van der Waals surface area contributed by atoms with Crippen LogP contribution in [0.5, 0.6) is 0 Å². The lowest BCUT2D eigenvalue weighted by molar-refractivity contribution is -0.127. The van der Waals surface area contributed by atoms with Crippen LogP contribution in [0.3, 0.4) is 0 Å². The lowest BCUT2D eigenvalue weighted by Gasteiger charge is -2.31. The smallest absolute Gasteiger partial charge is 0.225 e. The number of nitrogens with one attached hydrogen (secondary N) is 2. The van der Waals surface area contributed by atoms with Gasteiger partial charge in [0.2, 0.25) is 11.9 Å². The SMILES string of the molecule is CN(C)c1nc(NC2CCC(NC(=O)C3CC4CCC3C4)CC2)nc2ccccc12. The van der Waals surface area contributed by atoms with Gasteiger partial charge in [0, 0.05) is 37.5 Å². The van der Waals surface area contributed by atoms with Crippen LogP contribution in [0.2, 0.25) is 0 Å². The number of para-hydroxylation sites is 1. The van der Waals surface area contributed by atoms with Gasteiger partial charge >= 0.3 is 0 Å². The molecule has 3 unspecified atom stereocenters. The van der Waals surface area contributed by atoms with Gasteiger partial charge in [-0.1, -0.05) is 18.6 Å². The van der Waals surface area contributed by atoms with E-state index in [0.29, 0.717) is 29.9 Å². The van der Waals surface area contributed by atoms with Crippen LogP contribution in [0.25, 0.3) is 10.9 Å². The fraction of sp³-hybridized carbons (Fsp3) is 0.625. The molecule has 3 fully saturated rings. The first-order valence-electron chi connectivity index (χ1n) is 11.6. The molecule has 2 N–H and O–H groups in total. The Balaban J connectivity index is 1.18. The lowest BCUT2D eigenvalue weighted by Crippen LogP contribution is -2.43. The van der Waals surface area contributed by atoms with Gasteiger partial charge in [-0.15, -0.1) is 0 Å². The zero-order valence-electron chi connectivity index (χ0n) is 18.1. The molecule has 1 heterocycles. The summed E-state index contributed by atoms with van der Waals surface area (Å²) in [7, 11) is 4.03. The van der Waals surface area contributed by atoms with Crippen molar-refractivity contribution in [2.24, 2.45) is 17.8 Å². The van der Waals surface area contributed by atoms with Crippen molar-refractivity contribution >= 4 is 28.6 Å². The van der Waals surface area contributed by atoms with Crippen molar-refractivity contribution in [3.63, 3.8) is 0 Å². The van der Waals surface area contributed by atoms with E-state index in [-0.39, 0.29) is 5.92 Å². The largest absolute Gasteiger partial charge is 0.362 e. The van der Waals surface area contributed by atoms with Gasteiger partial charge in [0.15, 0.2) is 0 Å². The Kier molecular flexibility index (Phi) is 5.25. The molecule has 0 spiro atoms. The van der Waals surface area contributed by atoms with Gasteiger partial charge in [-0.05, 0) is 68.9 Å². The quantitative estimate of drug-likeness (QED) is 0.785. The third-order valence-electron chi connectivity index (χ3n) is 7.49. The molecule has 1 amide bonds. The topological polar surface area (TPSA) is 70.2 Å². The lowest BCUT2D eigenvalue weighted by atomic mass is 9.86. The van der Waals surface area contributed by atoms with E-state index in [1.807, 2.05) is 37.2 Å². The van der Waals surface area contributed by atoms with Gasteiger partial charge in [0.25, 0.3) is 0 Å². The van der Waals surface area contributed by atoms with Crippen LogP contribution in [-0.4, -0.2) is 42.1 Å². The van der Waals surface area contributed by atoms with E-state index in [2.05, 4.69) is 16.7 Å². The van der Waals surface area contributed by atoms with Crippen LogP contribution < -0.4 is 15.5 Å². The molecule has 2 aromatic rings. The van der Waals surface area contributed by atoms with Crippen LogP contribution in [0.1, 0.15) is 51.4 Å². The summed E-state index contributed by atoms with van der Waals surface area (Å²) in [5.74, 6) is 3.73. The predicted molar refractivity (Wildman–Crippen MR) is 121 cm³/mol. The molecular formula is C24H33N5O. The van der Waals surface area contributed by atoms with E-state index < -0.39 is 0 Å². The Bertz CT molecular complexity index is 921. The van der Waals surface area contributed by atoms with E-state index in [4.69, 9.17) is 9.97 Å². The summed E-state index contributed by atoms with van der Waals surface area (Å²) >= 11 is 0. The minimum Gasteiger partial charge on any atom is -0.362 e. The van der Waals surface area contributed by atoms with Gasteiger partial charge in [0.05, 0.1) is 5.52 Å². The highest BCUT2D eigenvalue weighted by molar-refractivity contribution is 5.90. The Morgan fingerprint density at radius 3 is 2.43 bits per heavy atom. The van der Waals surface area contributed by atoms with Crippen molar-refractivity contribution < 1.29 is 4.79 Å². The molecule has 3 saturated carbocycles. The minimum atomic E-state index is 0.287. The Labute approximate surface area is 178 Å². The van der Waals surface area contributed by atoms with E-state index in [1.165, 1.54) is 19.3 Å². The number of carbonyl (C=O) groups excluding carboxylic acids is 1. The van der Waals surface area contributed by atoms with Crippen molar-refractivity contribution in [3.05, 3.63) is 24.3 Å². The molecule has 1 aromatic carbocycles. The van der Waals surface area contributed by atoms with Crippen LogP contribution in [0.15, 0.2) is 24.3 Å². The van der Waals surface area contributed by atoms with Crippen LogP contribution >= 0.6 is 0 Å². The van der Waals surface area contributed by atoms with Gasteiger partial charge in [0.1, 0.15) is 5.82 Å². The molecule has 0 saturated heterocycles. The van der Waals surface area contributed by atoms with Gasteiger partial charge in [-0.3, -0.25) is 4.79 Å². The van der Waals surface area contributed by atoms with Gasteiger partial charge < -0.3 is 15.5 Å². The first-order chi connectivity index (χ1) is 14.6. The van der Waals surface area contributed by atoms with Crippen molar-refractivity contribution in [2.45, 2.75) is 63.5 Å². The summed E-state index contributed by atoms with van der Waals surface area (Å²) in [6, 6.07) is 8.83. The first kappa shape index (κ1) is 19.6. The molecule has 6 nitrogen and oxygen atoms in total. The first-order valence-corrected chi connectivity index (χ1v) is 11.6. The maximum Gasteiger partial charge on any atom is 0.225 e. The molecule has 3 aliphatic carbocycles. The summed E-state index contributed by atoms with van der Waals surface area (Å²) in [5.41, 5.74) is 0.963. The number of benzene rings is 1. The number of aromatic nitrogens is 2. The van der Waals surface area contributed by atoms with E-state index in [1.54, 1.807) is 0 Å². The molecule has 2 bridgehead atoms. The number of carbonyl (C=O) groups is 1. The highest BCUT2D eigenvalue weighted by atomic mass is 16.2. The monoisotopic (exact) mass is 407 g/mol. The van der Waals surface area contributed by atoms with E-state index in [9.17, 15) is 4.79 Å². The van der Waals surface area contributed by atoms with Crippen LogP contribution in [0, 0.1) is 17.8 Å². The van der Waals surface area contributed by atoms with Crippen LogP contribution in [0.4, 0.5) is 11.8 Å². The third kappa shape index (κ3) is 3.84. The maximum absolute atomic E-state index is 12.8. The molecule has 3 atom stereocenters. The Morgan fingerprint density at radius 2 is 1.73 bits per heavy atom. The second-order valence-corrected chi connectivity index (χ2v) is 9.77. The number of nitrogens with zero attached hydrogens (tertiary/aromatic N) is 3. The minimum absolute atomic E-state index is 0.287. The number of hydrogen-bond acceptors (Lipinski definition) is 5. The number of hydrogen-bond donors (Lipinski definition) is 2. The summed E-state index contributed by atoms with van der Waals surface area (Å²) in [6.07, 6.45) is 9.15. The number of amides is 1. The van der Waals surface area contributed by atoms with Crippen molar-refractivity contribution in [1.29, 1.82) is 0 Å². The Morgan fingerprint density at radius 1 is 0.967 bits per heavy atom. The predicted octanol–water partition coefficient (Wildman–Crippen LogP) is 3.97. The molecule has 30 heavy (non-hydrogen) atoms. The Hall–Kier alpha value is -2.37. The molecule has 5 rings (SSSR count). The van der Waals surface area contributed by atoms with Crippen LogP contribution in [-0.2, 0) is 4.79 Å². The number of rotatable bonds is 5. The highest BCUT2D eigenvalue weighted by Gasteiger charge is 2.43. The summed E-state index contributed by atoms with van der Waals surface area (Å²) in [4.78, 5) is 24.3. The fourth-order valence-corrected chi connectivity index (χ4v) is 5.90. The molecular weight excluding hydrogens is 374 g/mol. The molecule has 3 aliphatic rings. The average molecular weight is 408 g/mol. The summed E-state index contributed by atoms with van der Waals surface area (Å²) in [5, 5.41) is 8.00. The second kappa shape index (κ2) is 8.05. The second-order valence-electron chi connectivity index (χ2n) is 9.77. The standard InChI is InChI=1S/C24H33N5O/c1-29(2)22-19-5-3-4-6-21(19)27-24(28-22)26-18-11-9-17(10-12-18)25-23(30)20-14-15-7-8-16(20)13-15/h3-6,15-18,20H,7-14H2,1-2H3,(H,25,30)(H,26,27,28). The maximum atomic E-state index is 12.8. The molecule has 1 aromatic heterocycles. The third-order valence-corrected chi connectivity index (χ3v) is 7.49.